The summed E-state index contributed by atoms with van der Waals surface area (Å²) in [7, 11) is 1.65. The molecule has 6 nitrogen and oxygen atoms in total. The molecule has 7 heteroatoms. The molecule has 0 fully saturated rings. The van der Waals surface area contributed by atoms with Gasteiger partial charge in [-0.1, -0.05) is 41.9 Å². The predicted octanol–water partition coefficient (Wildman–Crippen LogP) is 6.53. The number of pyridine rings is 1. The van der Waals surface area contributed by atoms with E-state index in [4.69, 9.17) is 26.1 Å². The van der Waals surface area contributed by atoms with Crippen molar-refractivity contribution in [1.29, 1.82) is 0 Å². The van der Waals surface area contributed by atoms with Gasteiger partial charge in [0.25, 0.3) is 0 Å². The van der Waals surface area contributed by atoms with Gasteiger partial charge in [-0.2, -0.15) is 0 Å². The van der Waals surface area contributed by atoms with Crippen LogP contribution in [0.2, 0.25) is 5.02 Å². The van der Waals surface area contributed by atoms with Gasteiger partial charge in [0.15, 0.2) is 6.61 Å². The lowest BCUT2D eigenvalue weighted by Gasteiger charge is -2.17. The zero-order chi connectivity index (χ0) is 26.0. The molecule has 1 atom stereocenters. The van der Waals surface area contributed by atoms with Crippen LogP contribution < -0.4 is 0 Å². The minimum absolute atomic E-state index is 0.0786. The van der Waals surface area contributed by atoms with Gasteiger partial charge in [0, 0.05) is 40.0 Å². The molecule has 0 aliphatic heterocycles. The van der Waals surface area contributed by atoms with Gasteiger partial charge in [-0.3, -0.25) is 4.79 Å². The van der Waals surface area contributed by atoms with E-state index in [-0.39, 0.29) is 18.4 Å². The zero-order valence-electron chi connectivity index (χ0n) is 21.1. The Kier molecular flexibility index (Phi) is 7.57. The zero-order valence-corrected chi connectivity index (χ0v) is 21.8. The van der Waals surface area contributed by atoms with Gasteiger partial charge < -0.3 is 14.0 Å². The Bertz CT molecular complexity index is 1460. The van der Waals surface area contributed by atoms with Crippen LogP contribution in [0.3, 0.4) is 0 Å². The molecule has 1 unspecified atom stereocenters. The van der Waals surface area contributed by atoms with Crippen LogP contribution in [0.1, 0.15) is 50.6 Å². The van der Waals surface area contributed by atoms with Crippen LogP contribution in [-0.4, -0.2) is 41.6 Å². The molecule has 2 heterocycles. The molecule has 0 amide bonds. The second-order valence-electron chi connectivity index (χ2n) is 8.95. The van der Waals surface area contributed by atoms with Crippen LogP contribution in [-0.2, 0) is 9.47 Å². The van der Waals surface area contributed by atoms with Gasteiger partial charge in [0.05, 0.1) is 29.4 Å². The smallest absolute Gasteiger partial charge is 0.339 e. The Morgan fingerprint density at radius 1 is 1.06 bits per heavy atom. The number of esters is 1. The maximum Gasteiger partial charge on any atom is 0.339 e. The monoisotopic (exact) mass is 504 g/mol. The van der Waals surface area contributed by atoms with Crippen molar-refractivity contribution in [2.24, 2.45) is 0 Å². The van der Waals surface area contributed by atoms with E-state index in [1.807, 2.05) is 76.2 Å². The molecule has 2 aromatic heterocycles. The fourth-order valence-electron chi connectivity index (χ4n) is 4.82. The van der Waals surface area contributed by atoms with Crippen molar-refractivity contribution >= 4 is 34.3 Å². The number of fused-ring (bicyclic) bond motifs is 1. The van der Waals surface area contributed by atoms with Gasteiger partial charge in [-0.15, -0.1) is 0 Å². The van der Waals surface area contributed by atoms with Gasteiger partial charge in [-0.25, -0.2) is 9.78 Å². The quantitative estimate of drug-likeness (QED) is 0.201. The van der Waals surface area contributed by atoms with Crippen LogP contribution in [0.5, 0.6) is 0 Å². The summed E-state index contributed by atoms with van der Waals surface area (Å²) in [6.45, 7) is 7.88. The predicted molar refractivity (Wildman–Crippen MR) is 142 cm³/mol. The number of nitrogens with zero attached hydrogens (tertiary/aromatic N) is 2. The standard InChI is InChI=1S/C29H29ClN2O4/c1-17-13-24(20(4)32(17)18(2)15-35-5)26(33)16-36-29(34)27-19(3)28(21-9-8-10-22(30)14-21)31-25-12-7-6-11-23(25)27/h6-14,18H,15-16H2,1-5H3. The number of carbonyl (C=O) groups is 2. The van der Waals surface area contributed by atoms with E-state index >= 15 is 0 Å². The Balaban J connectivity index is 1.65. The number of benzene rings is 2. The molecule has 0 N–H and O–H groups in total. The van der Waals surface area contributed by atoms with Crippen molar-refractivity contribution in [3.8, 4) is 11.3 Å². The van der Waals surface area contributed by atoms with Gasteiger partial charge in [0.2, 0.25) is 5.78 Å². The highest BCUT2D eigenvalue weighted by Gasteiger charge is 2.23. The lowest BCUT2D eigenvalue weighted by molar-refractivity contribution is 0.0475. The number of Topliss-reactive ketones (excluding diaryl/α,β-unsaturated/α-hetero) is 1. The van der Waals surface area contributed by atoms with E-state index in [1.165, 1.54) is 0 Å². The maximum absolute atomic E-state index is 13.4. The van der Waals surface area contributed by atoms with Crippen molar-refractivity contribution in [3.05, 3.63) is 87.7 Å². The number of hydrogen-bond donors (Lipinski definition) is 0. The first kappa shape index (κ1) is 25.6. The molecule has 36 heavy (non-hydrogen) atoms. The number of rotatable bonds is 8. The summed E-state index contributed by atoms with van der Waals surface area (Å²) < 4.78 is 12.9. The number of para-hydroxylation sites is 1. The summed E-state index contributed by atoms with van der Waals surface area (Å²) in [5.74, 6) is -0.817. The van der Waals surface area contributed by atoms with E-state index in [0.29, 0.717) is 44.9 Å². The third-order valence-corrected chi connectivity index (χ3v) is 6.64. The molecule has 0 aliphatic carbocycles. The van der Waals surface area contributed by atoms with E-state index in [1.54, 1.807) is 13.2 Å². The molecule has 2 aromatic carbocycles. The SMILES string of the molecule is COCC(C)n1c(C)cc(C(=O)COC(=O)c2c(C)c(-c3cccc(Cl)c3)nc3ccccc23)c1C. The molecule has 4 rings (SSSR count). The molecule has 0 bridgehead atoms. The fourth-order valence-corrected chi connectivity index (χ4v) is 5.01. The van der Waals surface area contributed by atoms with Gasteiger partial charge >= 0.3 is 5.97 Å². The number of ether oxygens (including phenoxy) is 2. The average molecular weight is 505 g/mol. The summed E-state index contributed by atoms with van der Waals surface area (Å²) >= 11 is 6.21. The van der Waals surface area contributed by atoms with Crippen molar-refractivity contribution in [2.75, 3.05) is 20.3 Å². The van der Waals surface area contributed by atoms with Crippen LogP contribution in [0, 0.1) is 20.8 Å². The highest BCUT2D eigenvalue weighted by molar-refractivity contribution is 6.30. The van der Waals surface area contributed by atoms with E-state index in [9.17, 15) is 9.59 Å². The third-order valence-electron chi connectivity index (χ3n) is 6.41. The highest BCUT2D eigenvalue weighted by atomic mass is 35.5. The number of ketones is 1. The number of halogens is 1. The lowest BCUT2D eigenvalue weighted by Crippen LogP contribution is -2.18. The van der Waals surface area contributed by atoms with E-state index in [0.717, 1.165) is 17.0 Å². The Morgan fingerprint density at radius 3 is 2.53 bits per heavy atom. The van der Waals surface area contributed by atoms with Crippen LogP contribution in [0.15, 0.2) is 54.6 Å². The van der Waals surface area contributed by atoms with Crippen molar-refractivity contribution in [1.82, 2.24) is 9.55 Å². The minimum atomic E-state index is -0.565. The Labute approximate surface area is 215 Å². The minimum Gasteiger partial charge on any atom is -0.454 e. The number of aryl methyl sites for hydroxylation is 1. The molecular weight excluding hydrogens is 476 g/mol. The number of carbonyl (C=O) groups excluding carboxylic acids is 2. The fraction of sp³-hybridized carbons (Fsp3) is 0.276. The highest BCUT2D eigenvalue weighted by Crippen LogP contribution is 2.31. The summed E-state index contributed by atoms with van der Waals surface area (Å²) in [6.07, 6.45) is 0. The molecular formula is C29H29ClN2O4. The van der Waals surface area contributed by atoms with Crippen LogP contribution in [0.4, 0.5) is 0 Å². The topological polar surface area (TPSA) is 70.4 Å². The van der Waals surface area contributed by atoms with Crippen LogP contribution >= 0.6 is 11.6 Å². The second kappa shape index (κ2) is 10.6. The Morgan fingerprint density at radius 2 is 1.81 bits per heavy atom. The summed E-state index contributed by atoms with van der Waals surface area (Å²) in [4.78, 5) is 31.2. The third kappa shape index (κ3) is 4.92. The first-order valence-corrected chi connectivity index (χ1v) is 12.1. The van der Waals surface area contributed by atoms with E-state index in [2.05, 4.69) is 4.57 Å². The van der Waals surface area contributed by atoms with Gasteiger partial charge in [0.1, 0.15) is 0 Å². The van der Waals surface area contributed by atoms with Crippen molar-refractivity contribution < 1.29 is 19.1 Å². The first-order valence-electron chi connectivity index (χ1n) is 11.8. The Hall–Kier alpha value is -3.48. The molecule has 0 radical (unpaired) electrons. The van der Waals surface area contributed by atoms with Gasteiger partial charge in [-0.05, 0) is 57.5 Å². The van der Waals surface area contributed by atoms with E-state index < -0.39 is 5.97 Å². The average Bonchev–Trinajstić information content (AvgIpc) is 3.15. The largest absolute Gasteiger partial charge is 0.454 e. The molecule has 0 aliphatic rings. The molecule has 0 saturated heterocycles. The summed E-state index contributed by atoms with van der Waals surface area (Å²) in [5, 5.41) is 1.25. The second-order valence-corrected chi connectivity index (χ2v) is 9.38. The molecule has 4 aromatic rings. The maximum atomic E-state index is 13.4. The number of aromatic nitrogens is 2. The molecule has 0 saturated carbocycles. The van der Waals surface area contributed by atoms with Crippen molar-refractivity contribution in [3.63, 3.8) is 0 Å². The number of hydrogen-bond acceptors (Lipinski definition) is 5. The van der Waals surface area contributed by atoms with Crippen molar-refractivity contribution in [2.45, 2.75) is 33.7 Å². The molecule has 186 valence electrons. The summed E-state index contributed by atoms with van der Waals surface area (Å²) in [5.41, 5.74) is 5.48. The molecule has 0 spiro atoms. The first-order chi connectivity index (χ1) is 17.2. The number of methoxy groups -OCH3 is 1. The van der Waals surface area contributed by atoms with Crippen LogP contribution in [0.25, 0.3) is 22.2 Å². The normalized spacial score (nSPS) is 12.1. The summed E-state index contributed by atoms with van der Waals surface area (Å²) in [6, 6.07) is 16.6. The lowest BCUT2D eigenvalue weighted by atomic mass is 9.98.